The number of hydrogen-bond acceptors (Lipinski definition) is 5. The molecule has 0 atom stereocenters. The van der Waals surface area contributed by atoms with Gasteiger partial charge in [-0.2, -0.15) is 0 Å². The van der Waals surface area contributed by atoms with E-state index >= 15 is 0 Å². The molecule has 8 nitrogen and oxygen atoms in total. The van der Waals surface area contributed by atoms with Gasteiger partial charge in [0.2, 0.25) is 5.91 Å². The van der Waals surface area contributed by atoms with Crippen molar-refractivity contribution in [2.24, 2.45) is 0 Å². The third-order valence-corrected chi connectivity index (χ3v) is 5.09. The molecule has 1 aliphatic carbocycles. The first kappa shape index (κ1) is 20.8. The van der Waals surface area contributed by atoms with Crippen LogP contribution in [0.25, 0.3) is 0 Å². The standard InChI is InChI=1S/C21H27N5O3/c1-22-18(23-2)12-25-19(28)10-13-6-8-14(9-7-13)26-21(29)15-11-24-16-4-3-5-17(27)20(15)16/h6-9,11,18,22-24H,3-5,10,12H2,1-2H3,(H,25,28)(H,26,29). The molecule has 1 aliphatic rings. The number of carbonyl (C=O) groups excluding carboxylic acids is 3. The third kappa shape index (κ3) is 5.10. The lowest BCUT2D eigenvalue weighted by atomic mass is 9.93. The van der Waals surface area contributed by atoms with Crippen molar-refractivity contribution in [3.05, 3.63) is 52.8 Å². The van der Waals surface area contributed by atoms with Gasteiger partial charge in [-0.15, -0.1) is 0 Å². The van der Waals surface area contributed by atoms with Crippen LogP contribution >= 0.6 is 0 Å². The first-order chi connectivity index (χ1) is 14.0. The van der Waals surface area contributed by atoms with Gasteiger partial charge in [0.15, 0.2) is 5.78 Å². The topological polar surface area (TPSA) is 115 Å². The summed E-state index contributed by atoms with van der Waals surface area (Å²) in [7, 11) is 3.64. The molecule has 0 saturated heterocycles. The number of carbonyl (C=O) groups is 3. The molecule has 2 amide bonds. The van der Waals surface area contributed by atoms with Crippen LogP contribution in [0.3, 0.4) is 0 Å². The number of Topliss-reactive ketones (excluding diaryl/α,β-unsaturated/α-hetero) is 1. The molecule has 0 fully saturated rings. The van der Waals surface area contributed by atoms with E-state index in [1.165, 1.54) is 0 Å². The maximum Gasteiger partial charge on any atom is 0.257 e. The maximum atomic E-state index is 12.6. The Hall–Kier alpha value is -2.97. The average Bonchev–Trinajstić information content (AvgIpc) is 3.16. The molecule has 2 aromatic rings. The van der Waals surface area contributed by atoms with E-state index in [9.17, 15) is 14.4 Å². The van der Waals surface area contributed by atoms with E-state index in [-0.39, 0.29) is 30.2 Å². The second-order valence-corrected chi connectivity index (χ2v) is 7.09. The molecule has 1 aromatic carbocycles. The van der Waals surface area contributed by atoms with Gasteiger partial charge in [-0.05, 0) is 44.6 Å². The van der Waals surface area contributed by atoms with E-state index in [0.29, 0.717) is 29.8 Å². The van der Waals surface area contributed by atoms with E-state index in [1.54, 1.807) is 30.5 Å². The SMILES string of the molecule is CNC(CNC(=O)Cc1ccc(NC(=O)c2c[nH]c3c2C(=O)CCC3)cc1)NC. The van der Waals surface area contributed by atoms with Gasteiger partial charge in [0.25, 0.3) is 5.91 Å². The van der Waals surface area contributed by atoms with Crippen LogP contribution in [0.1, 0.15) is 44.8 Å². The second kappa shape index (κ2) is 9.49. The van der Waals surface area contributed by atoms with Crippen LogP contribution in [-0.2, 0) is 17.6 Å². The van der Waals surface area contributed by atoms with Crippen molar-refractivity contribution in [2.75, 3.05) is 26.0 Å². The largest absolute Gasteiger partial charge is 0.364 e. The van der Waals surface area contributed by atoms with E-state index < -0.39 is 0 Å². The van der Waals surface area contributed by atoms with Crippen molar-refractivity contribution in [3.8, 4) is 0 Å². The number of ketones is 1. The molecule has 0 unspecified atom stereocenters. The Morgan fingerprint density at radius 3 is 2.52 bits per heavy atom. The zero-order valence-corrected chi connectivity index (χ0v) is 16.7. The van der Waals surface area contributed by atoms with Gasteiger partial charge in [-0.1, -0.05) is 12.1 Å². The molecule has 0 spiro atoms. The lowest BCUT2D eigenvalue weighted by molar-refractivity contribution is -0.120. The summed E-state index contributed by atoms with van der Waals surface area (Å²) in [5.74, 6) is -0.374. The highest BCUT2D eigenvalue weighted by Crippen LogP contribution is 2.24. The summed E-state index contributed by atoms with van der Waals surface area (Å²) in [4.78, 5) is 39.9. The lowest BCUT2D eigenvalue weighted by Crippen LogP contribution is -2.47. The van der Waals surface area contributed by atoms with Crippen LogP contribution < -0.4 is 21.3 Å². The fourth-order valence-electron chi connectivity index (χ4n) is 3.43. The van der Waals surface area contributed by atoms with E-state index in [1.807, 2.05) is 14.1 Å². The molecule has 3 rings (SSSR count). The van der Waals surface area contributed by atoms with Crippen LogP contribution in [0.5, 0.6) is 0 Å². The Morgan fingerprint density at radius 2 is 1.83 bits per heavy atom. The Morgan fingerprint density at radius 1 is 1.10 bits per heavy atom. The number of benzene rings is 1. The Labute approximate surface area is 169 Å². The highest BCUT2D eigenvalue weighted by Gasteiger charge is 2.25. The number of H-pyrrole nitrogens is 1. The minimum Gasteiger partial charge on any atom is -0.364 e. The quantitative estimate of drug-likeness (QED) is 0.430. The van der Waals surface area contributed by atoms with Crippen LogP contribution in [0.2, 0.25) is 0 Å². The Bertz CT molecular complexity index is 884. The molecular formula is C21H27N5O3. The van der Waals surface area contributed by atoms with Crippen LogP contribution in [0, 0.1) is 0 Å². The summed E-state index contributed by atoms with van der Waals surface area (Å²) < 4.78 is 0. The summed E-state index contributed by atoms with van der Waals surface area (Å²) in [6.45, 7) is 0.486. The molecule has 8 heteroatoms. The predicted octanol–water partition coefficient (Wildman–Crippen LogP) is 1.21. The molecule has 1 aromatic heterocycles. The van der Waals surface area contributed by atoms with E-state index in [4.69, 9.17) is 0 Å². The highest BCUT2D eigenvalue weighted by atomic mass is 16.2. The molecule has 5 N–H and O–H groups in total. The van der Waals surface area contributed by atoms with Crippen molar-refractivity contribution in [1.82, 2.24) is 20.9 Å². The molecule has 0 radical (unpaired) electrons. The summed E-state index contributed by atoms with van der Waals surface area (Å²) in [6.07, 6.45) is 3.95. The predicted molar refractivity (Wildman–Crippen MR) is 111 cm³/mol. The second-order valence-electron chi connectivity index (χ2n) is 7.09. The zero-order valence-electron chi connectivity index (χ0n) is 16.7. The van der Waals surface area contributed by atoms with Crippen LogP contribution in [0.15, 0.2) is 30.5 Å². The number of rotatable bonds is 8. The molecular weight excluding hydrogens is 370 g/mol. The van der Waals surface area contributed by atoms with Gasteiger partial charge in [-0.25, -0.2) is 0 Å². The summed E-state index contributed by atoms with van der Waals surface area (Å²) in [6, 6.07) is 7.12. The first-order valence-corrected chi connectivity index (χ1v) is 9.76. The number of hydrogen-bond donors (Lipinski definition) is 5. The van der Waals surface area contributed by atoms with Crippen LogP contribution in [-0.4, -0.2) is 49.4 Å². The van der Waals surface area contributed by atoms with E-state index in [2.05, 4.69) is 26.3 Å². The van der Waals surface area contributed by atoms with Crippen molar-refractivity contribution >= 4 is 23.3 Å². The fourth-order valence-corrected chi connectivity index (χ4v) is 3.43. The smallest absolute Gasteiger partial charge is 0.257 e. The maximum absolute atomic E-state index is 12.6. The average molecular weight is 397 g/mol. The number of aromatic nitrogens is 1. The first-order valence-electron chi connectivity index (χ1n) is 9.76. The Balaban J connectivity index is 1.57. The Kier molecular flexibility index (Phi) is 6.79. The summed E-state index contributed by atoms with van der Waals surface area (Å²) in [5, 5.41) is 11.8. The number of aryl methyl sites for hydroxylation is 1. The minimum atomic E-state index is -0.312. The molecule has 0 bridgehead atoms. The molecule has 154 valence electrons. The van der Waals surface area contributed by atoms with Crippen molar-refractivity contribution in [3.63, 3.8) is 0 Å². The monoisotopic (exact) mass is 397 g/mol. The lowest BCUT2D eigenvalue weighted by Gasteiger charge is -2.15. The fraction of sp³-hybridized carbons (Fsp3) is 0.381. The summed E-state index contributed by atoms with van der Waals surface area (Å²) in [5.41, 5.74) is 3.20. The highest BCUT2D eigenvalue weighted by molar-refractivity contribution is 6.13. The minimum absolute atomic E-state index is 0.0118. The third-order valence-electron chi connectivity index (χ3n) is 5.09. The van der Waals surface area contributed by atoms with Crippen molar-refractivity contribution in [2.45, 2.75) is 31.8 Å². The van der Waals surface area contributed by atoms with Gasteiger partial charge >= 0.3 is 0 Å². The van der Waals surface area contributed by atoms with Gasteiger partial charge in [0.05, 0.1) is 23.7 Å². The molecule has 29 heavy (non-hydrogen) atoms. The van der Waals surface area contributed by atoms with Gasteiger partial charge in [-0.3, -0.25) is 14.4 Å². The molecule has 1 heterocycles. The number of amides is 2. The van der Waals surface area contributed by atoms with Crippen molar-refractivity contribution < 1.29 is 14.4 Å². The number of nitrogens with one attached hydrogen (secondary N) is 5. The zero-order chi connectivity index (χ0) is 20.8. The normalized spacial score (nSPS) is 13.3. The van der Waals surface area contributed by atoms with E-state index in [0.717, 1.165) is 24.1 Å². The van der Waals surface area contributed by atoms with Gasteiger partial charge in [0, 0.05) is 30.5 Å². The van der Waals surface area contributed by atoms with Gasteiger partial charge < -0.3 is 26.3 Å². The van der Waals surface area contributed by atoms with Gasteiger partial charge in [0.1, 0.15) is 0 Å². The van der Waals surface area contributed by atoms with Crippen molar-refractivity contribution in [1.29, 1.82) is 0 Å². The van der Waals surface area contributed by atoms with Crippen LogP contribution in [0.4, 0.5) is 5.69 Å². The number of anilines is 1. The number of aromatic amines is 1. The molecule has 0 aliphatic heterocycles. The molecule has 0 saturated carbocycles. The number of likely N-dealkylation sites (N-methyl/N-ethyl adjacent to an activating group) is 2. The number of fused-ring (bicyclic) bond motifs is 1. The summed E-state index contributed by atoms with van der Waals surface area (Å²) >= 11 is 0.